The Balaban J connectivity index is 1.80. The van der Waals surface area contributed by atoms with E-state index in [4.69, 9.17) is 0 Å². The van der Waals surface area contributed by atoms with Crippen LogP contribution in [0, 0.1) is 5.82 Å². The highest BCUT2D eigenvalue weighted by atomic mass is 19.1. The Bertz CT molecular complexity index is 796. The largest absolute Gasteiger partial charge is 0.325 e. The molecule has 1 heterocycles. The third-order valence-electron chi connectivity index (χ3n) is 3.17. The van der Waals surface area contributed by atoms with Gasteiger partial charge >= 0.3 is 0 Å². The van der Waals surface area contributed by atoms with Crippen molar-refractivity contribution in [3.8, 4) is 0 Å². The first-order valence-electron chi connectivity index (χ1n) is 6.60. The minimum atomic E-state index is -0.338. The van der Waals surface area contributed by atoms with Gasteiger partial charge in [0.25, 0.3) is 0 Å². The Morgan fingerprint density at radius 3 is 2.81 bits per heavy atom. The van der Waals surface area contributed by atoms with Gasteiger partial charge in [0.2, 0.25) is 5.91 Å². The Morgan fingerprint density at radius 2 is 1.95 bits per heavy atom. The van der Waals surface area contributed by atoms with Gasteiger partial charge < -0.3 is 5.32 Å². The van der Waals surface area contributed by atoms with Crippen molar-refractivity contribution in [2.75, 3.05) is 5.32 Å². The number of pyridine rings is 1. The molecule has 1 aromatic heterocycles. The fourth-order valence-electron chi connectivity index (χ4n) is 2.24. The molecule has 0 fully saturated rings. The molecule has 3 nitrogen and oxygen atoms in total. The lowest BCUT2D eigenvalue weighted by molar-refractivity contribution is -0.115. The quantitative estimate of drug-likeness (QED) is 0.797. The molecule has 3 rings (SSSR count). The number of fused-ring (bicyclic) bond motifs is 1. The number of carbonyl (C=O) groups excluding carboxylic acids is 1. The summed E-state index contributed by atoms with van der Waals surface area (Å²) in [6.07, 6.45) is 1.84. The molecule has 104 valence electrons. The molecule has 1 N–H and O–H groups in total. The fraction of sp³-hybridized carbons (Fsp3) is 0.0588. The van der Waals surface area contributed by atoms with Crippen LogP contribution in [0.15, 0.2) is 60.8 Å². The minimum Gasteiger partial charge on any atom is -0.325 e. The summed E-state index contributed by atoms with van der Waals surface area (Å²) >= 11 is 0. The zero-order valence-corrected chi connectivity index (χ0v) is 11.2. The van der Waals surface area contributed by atoms with Gasteiger partial charge in [-0.3, -0.25) is 9.78 Å². The van der Waals surface area contributed by atoms with Crippen molar-refractivity contribution in [3.63, 3.8) is 0 Å². The lowest BCUT2D eigenvalue weighted by Gasteiger charge is -2.08. The number of halogens is 1. The van der Waals surface area contributed by atoms with Crippen molar-refractivity contribution >= 4 is 22.5 Å². The topological polar surface area (TPSA) is 42.0 Å². The summed E-state index contributed by atoms with van der Waals surface area (Å²) < 4.78 is 13.1. The zero-order valence-electron chi connectivity index (χ0n) is 11.2. The summed E-state index contributed by atoms with van der Waals surface area (Å²) in [4.78, 5) is 16.3. The highest BCUT2D eigenvalue weighted by Gasteiger charge is 2.07. The molecule has 0 saturated carbocycles. The van der Waals surface area contributed by atoms with Crippen molar-refractivity contribution < 1.29 is 9.18 Å². The monoisotopic (exact) mass is 280 g/mol. The highest BCUT2D eigenvalue weighted by molar-refractivity contribution is 6.01. The molecule has 0 aliphatic heterocycles. The molecule has 3 aromatic rings. The Morgan fingerprint density at radius 1 is 1.10 bits per heavy atom. The first-order chi connectivity index (χ1) is 10.2. The molecule has 0 spiro atoms. The molecule has 0 unspecified atom stereocenters. The number of benzene rings is 2. The average Bonchev–Trinajstić information content (AvgIpc) is 2.47. The zero-order chi connectivity index (χ0) is 14.7. The van der Waals surface area contributed by atoms with E-state index in [1.54, 1.807) is 18.3 Å². The number of nitrogens with one attached hydrogen (secondary N) is 1. The van der Waals surface area contributed by atoms with E-state index in [2.05, 4.69) is 10.3 Å². The lowest BCUT2D eigenvalue weighted by atomic mass is 10.1. The molecule has 0 atom stereocenters. The van der Waals surface area contributed by atoms with Crippen LogP contribution in [0.5, 0.6) is 0 Å². The van der Waals surface area contributed by atoms with E-state index >= 15 is 0 Å². The van der Waals surface area contributed by atoms with Crippen LogP contribution in [-0.4, -0.2) is 10.9 Å². The van der Waals surface area contributed by atoms with Crippen LogP contribution >= 0.6 is 0 Å². The summed E-state index contributed by atoms with van der Waals surface area (Å²) in [6.45, 7) is 0. The van der Waals surface area contributed by atoms with E-state index in [1.165, 1.54) is 12.1 Å². The third kappa shape index (κ3) is 3.05. The molecular formula is C17H13FN2O. The summed E-state index contributed by atoms with van der Waals surface area (Å²) in [5.41, 5.74) is 2.17. The summed E-state index contributed by atoms with van der Waals surface area (Å²) in [7, 11) is 0. The van der Waals surface area contributed by atoms with Crippen molar-refractivity contribution in [2.24, 2.45) is 0 Å². The predicted octanol–water partition coefficient (Wildman–Crippen LogP) is 3.56. The smallest absolute Gasteiger partial charge is 0.228 e. The Hall–Kier alpha value is -2.75. The van der Waals surface area contributed by atoms with Crippen LogP contribution in [0.1, 0.15) is 5.56 Å². The molecule has 0 aliphatic carbocycles. The number of hydrogen-bond donors (Lipinski definition) is 1. The number of anilines is 1. The molecule has 0 radical (unpaired) electrons. The Labute approximate surface area is 121 Å². The van der Waals surface area contributed by atoms with Gasteiger partial charge in [0.1, 0.15) is 5.82 Å². The van der Waals surface area contributed by atoms with E-state index in [1.807, 2.05) is 30.3 Å². The van der Waals surface area contributed by atoms with Gasteiger partial charge in [0.05, 0.1) is 17.6 Å². The summed E-state index contributed by atoms with van der Waals surface area (Å²) in [5.74, 6) is -0.522. The van der Waals surface area contributed by atoms with Gasteiger partial charge in [0.15, 0.2) is 0 Å². The van der Waals surface area contributed by atoms with Gasteiger partial charge in [-0.1, -0.05) is 18.2 Å². The maximum atomic E-state index is 13.1. The maximum absolute atomic E-state index is 13.1. The fourth-order valence-corrected chi connectivity index (χ4v) is 2.24. The van der Waals surface area contributed by atoms with E-state index in [0.717, 1.165) is 10.9 Å². The number of aromatic nitrogens is 1. The van der Waals surface area contributed by atoms with Gasteiger partial charge in [-0.25, -0.2) is 4.39 Å². The van der Waals surface area contributed by atoms with Gasteiger partial charge in [-0.2, -0.15) is 0 Å². The molecule has 0 bridgehead atoms. The molecule has 2 aromatic carbocycles. The van der Waals surface area contributed by atoms with Gasteiger partial charge in [-0.15, -0.1) is 0 Å². The molecule has 0 saturated heterocycles. The van der Waals surface area contributed by atoms with Crippen LogP contribution in [0.25, 0.3) is 10.9 Å². The molecule has 0 aliphatic rings. The summed E-state index contributed by atoms with van der Waals surface area (Å²) in [6, 6.07) is 15.3. The van der Waals surface area contributed by atoms with Crippen LogP contribution < -0.4 is 5.32 Å². The standard InChI is InChI=1S/C17H13FN2O/c18-13-5-1-4-12(10-13)11-17(21)20-16-8-2-7-15-14(16)6-3-9-19-15/h1-10H,11H2,(H,20,21). The van der Waals surface area contributed by atoms with Gasteiger partial charge in [0, 0.05) is 11.6 Å². The van der Waals surface area contributed by atoms with Crippen LogP contribution in [-0.2, 0) is 11.2 Å². The van der Waals surface area contributed by atoms with E-state index < -0.39 is 0 Å². The van der Waals surface area contributed by atoms with Crippen LogP contribution in [0.2, 0.25) is 0 Å². The van der Waals surface area contributed by atoms with Crippen molar-refractivity contribution in [1.29, 1.82) is 0 Å². The maximum Gasteiger partial charge on any atom is 0.228 e. The van der Waals surface area contributed by atoms with Crippen molar-refractivity contribution in [2.45, 2.75) is 6.42 Å². The second-order valence-corrected chi connectivity index (χ2v) is 4.73. The van der Waals surface area contributed by atoms with E-state index in [-0.39, 0.29) is 18.1 Å². The third-order valence-corrected chi connectivity index (χ3v) is 3.17. The van der Waals surface area contributed by atoms with Crippen LogP contribution in [0.3, 0.4) is 0 Å². The number of hydrogen-bond acceptors (Lipinski definition) is 2. The first-order valence-corrected chi connectivity index (χ1v) is 6.60. The van der Waals surface area contributed by atoms with E-state index in [9.17, 15) is 9.18 Å². The second kappa shape index (κ2) is 5.71. The van der Waals surface area contributed by atoms with Crippen LogP contribution in [0.4, 0.5) is 10.1 Å². The minimum absolute atomic E-state index is 0.133. The van der Waals surface area contributed by atoms with E-state index in [0.29, 0.717) is 11.3 Å². The predicted molar refractivity (Wildman–Crippen MR) is 80.5 cm³/mol. The second-order valence-electron chi connectivity index (χ2n) is 4.73. The lowest BCUT2D eigenvalue weighted by Crippen LogP contribution is -2.14. The van der Waals surface area contributed by atoms with Gasteiger partial charge in [-0.05, 0) is 42.0 Å². The summed E-state index contributed by atoms with van der Waals surface area (Å²) in [5, 5.41) is 3.73. The SMILES string of the molecule is O=C(Cc1cccc(F)c1)Nc1cccc2ncccc12. The number of amides is 1. The normalized spacial score (nSPS) is 10.5. The van der Waals surface area contributed by atoms with Crippen molar-refractivity contribution in [1.82, 2.24) is 4.98 Å². The number of carbonyl (C=O) groups is 1. The number of rotatable bonds is 3. The average molecular weight is 280 g/mol. The Kier molecular flexibility index (Phi) is 3.60. The first kappa shape index (κ1) is 13.2. The molecular weight excluding hydrogens is 267 g/mol. The highest BCUT2D eigenvalue weighted by Crippen LogP contribution is 2.21. The molecule has 4 heteroatoms. The number of nitrogens with zero attached hydrogens (tertiary/aromatic N) is 1. The van der Waals surface area contributed by atoms with Crippen molar-refractivity contribution in [3.05, 3.63) is 72.2 Å². The molecule has 21 heavy (non-hydrogen) atoms. The molecule has 1 amide bonds.